The van der Waals surface area contributed by atoms with Crippen LogP contribution in [0.3, 0.4) is 0 Å². The lowest BCUT2D eigenvalue weighted by Gasteiger charge is -2.06. The third kappa shape index (κ3) is 3.51. The summed E-state index contributed by atoms with van der Waals surface area (Å²) in [4.78, 5) is 14.6. The van der Waals surface area contributed by atoms with Gasteiger partial charge in [0.05, 0.1) is 26.2 Å². The number of nitro groups is 1. The topological polar surface area (TPSA) is 65.3 Å². The predicted molar refractivity (Wildman–Crippen MR) is 76.6 cm³/mol. The molecule has 0 unspecified atom stereocenters. The van der Waals surface area contributed by atoms with Crippen molar-refractivity contribution in [3.8, 4) is 5.75 Å². The van der Waals surface area contributed by atoms with Crippen molar-refractivity contribution in [1.29, 1.82) is 0 Å². The highest BCUT2D eigenvalue weighted by Crippen LogP contribution is 2.30. The fourth-order valence-corrected chi connectivity index (χ4v) is 2.54. The maximum atomic E-state index is 10.7. The number of ether oxygens (including phenoxy) is 1. The van der Waals surface area contributed by atoms with Crippen molar-refractivity contribution in [3.63, 3.8) is 0 Å². The highest BCUT2D eigenvalue weighted by molar-refractivity contribution is 9.10. The molecule has 1 aromatic heterocycles. The number of hydrogen-bond acceptors (Lipinski definition) is 5. The first-order chi connectivity index (χ1) is 9.10. The minimum absolute atomic E-state index is 0.00530. The normalized spacial score (nSPS) is 10.4. The summed E-state index contributed by atoms with van der Waals surface area (Å²) >= 11 is 4.89. The van der Waals surface area contributed by atoms with Crippen molar-refractivity contribution in [3.05, 3.63) is 48.9 Å². The van der Waals surface area contributed by atoms with Crippen LogP contribution in [0.2, 0.25) is 0 Å². The summed E-state index contributed by atoms with van der Waals surface area (Å²) in [6.45, 7) is 2.34. The van der Waals surface area contributed by atoms with Gasteiger partial charge in [0.25, 0.3) is 5.69 Å². The molecular weight excluding hydrogens is 332 g/mol. The molecule has 19 heavy (non-hydrogen) atoms. The first-order valence-corrected chi connectivity index (χ1v) is 7.27. The van der Waals surface area contributed by atoms with E-state index >= 15 is 0 Å². The third-order valence-electron chi connectivity index (χ3n) is 2.40. The molecule has 0 atom stereocenters. The number of thiazole rings is 1. The summed E-state index contributed by atoms with van der Waals surface area (Å²) in [5, 5.41) is 13.7. The molecule has 5 nitrogen and oxygen atoms in total. The summed E-state index contributed by atoms with van der Waals surface area (Å²) in [6.07, 6.45) is 0.894. The molecule has 0 aliphatic heterocycles. The smallest absolute Gasteiger partial charge is 0.273 e. The van der Waals surface area contributed by atoms with Gasteiger partial charge < -0.3 is 4.74 Å². The van der Waals surface area contributed by atoms with E-state index in [1.807, 2.05) is 12.3 Å². The summed E-state index contributed by atoms with van der Waals surface area (Å²) in [5.74, 6) is 0.445. The number of nitro benzene ring substituents is 1. The van der Waals surface area contributed by atoms with Crippen LogP contribution in [0.4, 0.5) is 5.69 Å². The van der Waals surface area contributed by atoms with E-state index in [1.54, 1.807) is 17.4 Å². The summed E-state index contributed by atoms with van der Waals surface area (Å²) < 4.78 is 6.25. The minimum atomic E-state index is -0.447. The Balaban J connectivity index is 2.10. The second kappa shape index (κ2) is 6.12. The molecule has 0 spiro atoms. The number of benzene rings is 1. The second-order valence-electron chi connectivity index (χ2n) is 3.75. The van der Waals surface area contributed by atoms with Crippen molar-refractivity contribution in [1.82, 2.24) is 4.98 Å². The number of aryl methyl sites for hydroxylation is 1. The van der Waals surface area contributed by atoms with Gasteiger partial charge in [0.15, 0.2) is 0 Å². The Kier molecular flexibility index (Phi) is 4.49. The number of halogens is 1. The van der Waals surface area contributed by atoms with E-state index in [9.17, 15) is 10.1 Å². The van der Waals surface area contributed by atoms with Crippen molar-refractivity contribution < 1.29 is 9.66 Å². The largest absolute Gasteiger partial charge is 0.486 e. The summed E-state index contributed by atoms with van der Waals surface area (Å²) in [6, 6.07) is 4.43. The molecule has 1 aromatic carbocycles. The first kappa shape index (κ1) is 14.0. The van der Waals surface area contributed by atoms with Gasteiger partial charge in [-0.2, -0.15) is 0 Å². The Morgan fingerprint density at radius 3 is 2.95 bits per heavy atom. The fourth-order valence-electron chi connectivity index (χ4n) is 1.45. The van der Waals surface area contributed by atoms with Crippen LogP contribution in [0.25, 0.3) is 0 Å². The van der Waals surface area contributed by atoms with Gasteiger partial charge in [0, 0.05) is 11.4 Å². The first-order valence-electron chi connectivity index (χ1n) is 5.60. The van der Waals surface area contributed by atoms with Gasteiger partial charge in [-0.15, -0.1) is 11.3 Å². The molecule has 0 bridgehead atoms. The predicted octanol–water partition coefficient (Wildman–Crippen LogP) is 3.96. The van der Waals surface area contributed by atoms with Crippen LogP contribution >= 0.6 is 27.3 Å². The molecule has 0 radical (unpaired) electrons. The lowest BCUT2D eigenvalue weighted by molar-refractivity contribution is -0.385. The Morgan fingerprint density at radius 1 is 1.53 bits per heavy atom. The number of aromatic nitrogens is 1. The average Bonchev–Trinajstić information content (AvgIpc) is 2.85. The number of hydrogen-bond donors (Lipinski definition) is 0. The highest BCUT2D eigenvalue weighted by Gasteiger charge is 2.11. The molecule has 0 saturated carbocycles. The summed E-state index contributed by atoms with van der Waals surface area (Å²) in [5.41, 5.74) is 0.839. The van der Waals surface area contributed by atoms with E-state index in [0.29, 0.717) is 16.8 Å². The standard InChI is InChI=1S/C12H11BrN2O3S/c1-2-12-14-8(7-19-12)6-18-11-5-9(15(16)17)3-4-10(11)13/h3-5,7H,2,6H2,1H3. The van der Waals surface area contributed by atoms with Gasteiger partial charge in [-0.25, -0.2) is 4.98 Å². The lowest BCUT2D eigenvalue weighted by atomic mass is 10.3. The quantitative estimate of drug-likeness (QED) is 0.609. The zero-order chi connectivity index (χ0) is 13.8. The minimum Gasteiger partial charge on any atom is -0.486 e. The van der Waals surface area contributed by atoms with E-state index in [0.717, 1.165) is 17.1 Å². The molecular formula is C12H11BrN2O3S. The monoisotopic (exact) mass is 342 g/mol. The molecule has 0 saturated heterocycles. The molecule has 0 fully saturated rings. The van der Waals surface area contributed by atoms with Gasteiger partial charge in [0.2, 0.25) is 0 Å². The molecule has 0 N–H and O–H groups in total. The Morgan fingerprint density at radius 2 is 2.32 bits per heavy atom. The van der Waals surface area contributed by atoms with E-state index in [1.165, 1.54) is 12.1 Å². The van der Waals surface area contributed by atoms with Gasteiger partial charge in [-0.3, -0.25) is 10.1 Å². The highest BCUT2D eigenvalue weighted by atomic mass is 79.9. The molecule has 0 aliphatic carbocycles. The van der Waals surface area contributed by atoms with Gasteiger partial charge in [0.1, 0.15) is 12.4 Å². The molecule has 0 amide bonds. The molecule has 2 rings (SSSR count). The van der Waals surface area contributed by atoms with E-state index < -0.39 is 4.92 Å². The number of nitrogens with zero attached hydrogens (tertiary/aromatic N) is 2. The molecule has 7 heteroatoms. The SMILES string of the molecule is CCc1nc(COc2cc([N+](=O)[O-])ccc2Br)cs1. The maximum absolute atomic E-state index is 10.7. The van der Waals surface area contributed by atoms with Crippen LogP contribution in [0.1, 0.15) is 17.6 Å². The zero-order valence-electron chi connectivity index (χ0n) is 10.1. The lowest BCUT2D eigenvalue weighted by Crippen LogP contribution is -1.98. The van der Waals surface area contributed by atoms with Crippen molar-refractivity contribution in [2.24, 2.45) is 0 Å². The molecule has 0 aliphatic rings. The Bertz CT molecular complexity index is 600. The fraction of sp³-hybridized carbons (Fsp3) is 0.250. The van der Waals surface area contributed by atoms with Gasteiger partial charge >= 0.3 is 0 Å². The van der Waals surface area contributed by atoms with E-state index in [-0.39, 0.29) is 5.69 Å². The number of non-ortho nitro benzene ring substituents is 1. The number of rotatable bonds is 5. The van der Waals surface area contributed by atoms with Crippen LogP contribution in [-0.4, -0.2) is 9.91 Å². The van der Waals surface area contributed by atoms with Crippen molar-refractivity contribution >= 4 is 33.0 Å². The maximum Gasteiger partial charge on any atom is 0.273 e. The van der Waals surface area contributed by atoms with Gasteiger partial charge in [-0.05, 0) is 28.4 Å². The van der Waals surface area contributed by atoms with E-state index in [4.69, 9.17) is 4.74 Å². The van der Waals surface area contributed by atoms with Crippen molar-refractivity contribution in [2.45, 2.75) is 20.0 Å². The van der Waals surface area contributed by atoms with Crippen molar-refractivity contribution in [2.75, 3.05) is 0 Å². The van der Waals surface area contributed by atoms with Crippen LogP contribution in [0, 0.1) is 10.1 Å². The van der Waals surface area contributed by atoms with E-state index in [2.05, 4.69) is 20.9 Å². The van der Waals surface area contributed by atoms with Crippen LogP contribution in [0.5, 0.6) is 5.75 Å². The average molecular weight is 343 g/mol. The van der Waals surface area contributed by atoms with Crippen LogP contribution in [-0.2, 0) is 13.0 Å². The molecule has 1 heterocycles. The zero-order valence-corrected chi connectivity index (χ0v) is 12.5. The second-order valence-corrected chi connectivity index (χ2v) is 5.54. The Labute approximate surface area is 122 Å². The van der Waals surface area contributed by atoms with Gasteiger partial charge in [-0.1, -0.05) is 6.92 Å². The summed E-state index contributed by atoms with van der Waals surface area (Å²) in [7, 11) is 0. The molecule has 100 valence electrons. The Hall–Kier alpha value is -1.47. The van der Waals surface area contributed by atoms with Crippen LogP contribution < -0.4 is 4.74 Å². The van der Waals surface area contributed by atoms with Crippen LogP contribution in [0.15, 0.2) is 28.1 Å². The third-order valence-corrected chi connectivity index (χ3v) is 4.10. The molecule has 2 aromatic rings.